The minimum absolute atomic E-state index is 0.145. The molecular weight excluding hydrogens is 350 g/mol. The van der Waals surface area contributed by atoms with Gasteiger partial charge in [-0.05, 0) is 31.0 Å². The molecule has 0 spiro atoms. The van der Waals surface area contributed by atoms with Crippen molar-refractivity contribution in [3.63, 3.8) is 0 Å². The molecule has 0 radical (unpaired) electrons. The van der Waals surface area contributed by atoms with Crippen molar-refractivity contribution in [2.24, 2.45) is 0 Å². The van der Waals surface area contributed by atoms with Crippen molar-refractivity contribution >= 4 is 22.6 Å². The first-order valence-electron chi connectivity index (χ1n) is 9.90. The van der Waals surface area contributed by atoms with Crippen molar-refractivity contribution in [2.45, 2.75) is 44.7 Å². The maximum Gasteiger partial charge on any atom is 0.322 e. The van der Waals surface area contributed by atoms with E-state index < -0.39 is 0 Å². The second-order valence-corrected chi connectivity index (χ2v) is 7.36. The van der Waals surface area contributed by atoms with Crippen molar-refractivity contribution in [1.29, 1.82) is 0 Å². The lowest BCUT2D eigenvalue weighted by Crippen LogP contribution is -2.43. The maximum atomic E-state index is 13.3. The monoisotopic (exact) mass is 375 g/mol. The summed E-state index contributed by atoms with van der Waals surface area (Å²) < 4.78 is 0. The number of nitrogens with one attached hydrogen (secondary N) is 1. The highest BCUT2D eigenvalue weighted by molar-refractivity contribution is 5.99. The van der Waals surface area contributed by atoms with Gasteiger partial charge in [-0.2, -0.15) is 0 Å². The molecule has 0 bridgehead atoms. The van der Waals surface area contributed by atoms with E-state index in [4.69, 9.17) is 0 Å². The quantitative estimate of drug-likeness (QED) is 0.650. The Hall–Kier alpha value is -3.08. The van der Waals surface area contributed by atoms with E-state index in [0.717, 1.165) is 42.1 Å². The molecule has 0 saturated heterocycles. The highest BCUT2D eigenvalue weighted by Crippen LogP contribution is 2.28. The smallest absolute Gasteiger partial charge is 0.322 e. The number of amides is 2. The van der Waals surface area contributed by atoms with E-state index >= 15 is 0 Å². The van der Waals surface area contributed by atoms with Gasteiger partial charge in [-0.25, -0.2) is 4.79 Å². The number of pyridine rings is 1. The van der Waals surface area contributed by atoms with Crippen LogP contribution in [-0.4, -0.2) is 27.1 Å². The molecule has 5 nitrogen and oxygen atoms in total. The van der Waals surface area contributed by atoms with Crippen LogP contribution in [0, 0.1) is 0 Å². The molecule has 1 aliphatic rings. The first-order valence-corrected chi connectivity index (χ1v) is 9.90. The third-order valence-corrected chi connectivity index (χ3v) is 5.48. The molecule has 1 aromatic heterocycles. The Kier molecular flexibility index (Phi) is 5.42. The summed E-state index contributed by atoms with van der Waals surface area (Å²) in [6.45, 7) is 0.390. The van der Waals surface area contributed by atoms with Crippen LogP contribution in [0.15, 0.2) is 60.8 Å². The van der Waals surface area contributed by atoms with Crippen LogP contribution >= 0.6 is 0 Å². The van der Waals surface area contributed by atoms with Crippen molar-refractivity contribution in [3.8, 4) is 5.75 Å². The minimum Gasteiger partial charge on any atom is -0.508 e. The van der Waals surface area contributed by atoms with Crippen LogP contribution < -0.4 is 5.32 Å². The lowest BCUT2D eigenvalue weighted by molar-refractivity contribution is 0.162. The number of hydrogen-bond donors (Lipinski definition) is 2. The number of phenols is 1. The van der Waals surface area contributed by atoms with E-state index in [1.54, 1.807) is 18.3 Å². The summed E-state index contributed by atoms with van der Waals surface area (Å²) in [7, 11) is 0. The predicted molar refractivity (Wildman–Crippen MR) is 111 cm³/mol. The molecule has 0 aliphatic heterocycles. The SMILES string of the molecule is O=C(Nc1cccc2cccnc12)N(Cc1ccccc1O)C1CCCCC1. The van der Waals surface area contributed by atoms with Crippen LogP contribution in [0.3, 0.4) is 0 Å². The maximum absolute atomic E-state index is 13.3. The first kappa shape index (κ1) is 18.3. The molecule has 5 heteroatoms. The van der Waals surface area contributed by atoms with Gasteiger partial charge in [0.15, 0.2) is 0 Å². The number of para-hydroxylation sites is 2. The van der Waals surface area contributed by atoms with Crippen LogP contribution in [0.4, 0.5) is 10.5 Å². The number of rotatable bonds is 4. The molecular formula is C23H25N3O2. The fourth-order valence-corrected chi connectivity index (χ4v) is 3.98. The van der Waals surface area contributed by atoms with E-state index in [2.05, 4.69) is 10.3 Å². The summed E-state index contributed by atoms with van der Waals surface area (Å²) >= 11 is 0. The Balaban J connectivity index is 1.61. The number of aromatic nitrogens is 1. The molecule has 1 aliphatic carbocycles. The molecule has 0 unspecified atom stereocenters. The Bertz CT molecular complexity index is 961. The molecule has 4 rings (SSSR count). The van der Waals surface area contributed by atoms with Crippen molar-refractivity contribution in [2.75, 3.05) is 5.32 Å². The second-order valence-electron chi connectivity index (χ2n) is 7.36. The molecule has 144 valence electrons. The Labute approximate surface area is 165 Å². The largest absolute Gasteiger partial charge is 0.508 e. The fourth-order valence-electron chi connectivity index (χ4n) is 3.98. The van der Waals surface area contributed by atoms with Gasteiger partial charge >= 0.3 is 6.03 Å². The zero-order valence-electron chi connectivity index (χ0n) is 15.8. The molecule has 2 amide bonds. The fraction of sp³-hybridized carbons (Fsp3) is 0.304. The van der Waals surface area contributed by atoms with E-state index in [0.29, 0.717) is 12.2 Å². The van der Waals surface area contributed by atoms with Crippen LogP contribution in [0.5, 0.6) is 5.75 Å². The summed E-state index contributed by atoms with van der Waals surface area (Å²) in [4.78, 5) is 19.6. The number of carbonyl (C=O) groups excluding carboxylic acids is 1. The average Bonchev–Trinajstić information content (AvgIpc) is 2.74. The number of nitrogens with zero attached hydrogens (tertiary/aromatic N) is 2. The Morgan fingerprint density at radius 2 is 1.82 bits per heavy atom. The average molecular weight is 375 g/mol. The van der Waals surface area contributed by atoms with E-state index in [1.807, 2.05) is 47.4 Å². The van der Waals surface area contributed by atoms with Crippen molar-refractivity contribution in [1.82, 2.24) is 9.88 Å². The molecule has 1 saturated carbocycles. The lowest BCUT2D eigenvalue weighted by atomic mass is 9.94. The zero-order chi connectivity index (χ0) is 19.3. The number of aromatic hydroxyl groups is 1. The van der Waals surface area contributed by atoms with Gasteiger partial charge in [-0.1, -0.05) is 55.7 Å². The Morgan fingerprint density at radius 3 is 2.64 bits per heavy atom. The van der Waals surface area contributed by atoms with Gasteiger partial charge in [-0.3, -0.25) is 4.98 Å². The first-order chi connectivity index (χ1) is 13.7. The normalized spacial score (nSPS) is 14.7. The predicted octanol–water partition coefficient (Wildman–Crippen LogP) is 5.31. The number of benzene rings is 2. The van der Waals surface area contributed by atoms with E-state index in [1.165, 1.54) is 6.42 Å². The van der Waals surface area contributed by atoms with Gasteiger partial charge in [0.25, 0.3) is 0 Å². The van der Waals surface area contributed by atoms with Crippen molar-refractivity contribution < 1.29 is 9.90 Å². The van der Waals surface area contributed by atoms with Crippen LogP contribution in [-0.2, 0) is 6.54 Å². The number of phenolic OH excluding ortho intramolecular Hbond substituents is 1. The summed E-state index contributed by atoms with van der Waals surface area (Å²) in [6.07, 6.45) is 7.20. The summed E-state index contributed by atoms with van der Waals surface area (Å²) in [6, 6.07) is 16.9. The van der Waals surface area contributed by atoms with Gasteiger partial charge in [0, 0.05) is 23.2 Å². The van der Waals surface area contributed by atoms with Crippen LogP contribution in [0.1, 0.15) is 37.7 Å². The third kappa shape index (κ3) is 3.93. The summed E-state index contributed by atoms with van der Waals surface area (Å²) in [5.74, 6) is 0.225. The molecule has 28 heavy (non-hydrogen) atoms. The highest BCUT2D eigenvalue weighted by atomic mass is 16.3. The van der Waals surface area contributed by atoms with Gasteiger partial charge in [0.1, 0.15) is 5.75 Å². The van der Waals surface area contributed by atoms with Crippen LogP contribution in [0.25, 0.3) is 10.9 Å². The molecule has 2 N–H and O–H groups in total. The lowest BCUT2D eigenvalue weighted by Gasteiger charge is -2.34. The van der Waals surface area contributed by atoms with Gasteiger partial charge in [-0.15, -0.1) is 0 Å². The third-order valence-electron chi connectivity index (χ3n) is 5.48. The number of urea groups is 1. The summed E-state index contributed by atoms with van der Waals surface area (Å²) in [5.41, 5.74) is 2.25. The number of fused-ring (bicyclic) bond motifs is 1. The number of anilines is 1. The zero-order valence-corrected chi connectivity index (χ0v) is 15.8. The molecule has 1 heterocycles. The molecule has 2 aromatic carbocycles. The van der Waals surface area contributed by atoms with Crippen LogP contribution in [0.2, 0.25) is 0 Å². The number of hydrogen-bond acceptors (Lipinski definition) is 3. The molecule has 1 fully saturated rings. The molecule has 0 atom stereocenters. The van der Waals surface area contributed by atoms with E-state index in [9.17, 15) is 9.90 Å². The minimum atomic E-state index is -0.145. The van der Waals surface area contributed by atoms with Crippen molar-refractivity contribution in [3.05, 3.63) is 66.4 Å². The van der Waals surface area contributed by atoms with Gasteiger partial charge < -0.3 is 15.3 Å². The standard InChI is InChI=1S/C23H25N3O2/c27-21-14-5-4-8-18(21)16-26(19-11-2-1-3-12-19)23(28)25-20-13-6-9-17-10-7-15-24-22(17)20/h4-10,13-15,19,27H,1-3,11-12,16H2,(H,25,28). The second kappa shape index (κ2) is 8.30. The Morgan fingerprint density at radius 1 is 1.04 bits per heavy atom. The summed E-state index contributed by atoms with van der Waals surface area (Å²) in [5, 5.41) is 14.3. The number of carbonyl (C=O) groups is 1. The molecule has 3 aromatic rings. The van der Waals surface area contributed by atoms with Gasteiger partial charge in [0.05, 0.1) is 17.7 Å². The van der Waals surface area contributed by atoms with Gasteiger partial charge in [0.2, 0.25) is 0 Å². The topological polar surface area (TPSA) is 65.5 Å². The van der Waals surface area contributed by atoms with E-state index in [-0.39, 0.29) is 17.8 Å². The highest BCUT2D eigenvalue weighted by Gasteiger charge is 2.26.